The Balaban J connectivity index is 1.63. The molecule has 11 heteroatoms. The van der Waals surface area contributed by atoms with Crippen LogP contribution in [0.25, 0.3) is 22.6 Å². The minimum atomic E-state index is -0.436. The average molecular weight is 513 g/mol. The highest BCUT2D eigenvalue weighted by atomic mass is 16.7. The molecule has 11 nitrogen and oxygen atoms in total. The topological polar surface area (TPSA) is 141 Å². The molecule has 0 atom stereocenters. The molecule has 4 aromatic rings. The molecule has 0 radical (unpaired) electrons. The third kappa shape index (κ3) is 7.18. The van der Waals surface area contributed by atoms with Gasteiger partial charge in [0.25, 0.3) is 5.95 Å². The van der Waals surface area contributed by atoms with Gasteiger partial charge in [0.1, 0.15) is 5.69 Å². The van der Waals surface area contributed by atoms with Gasteiger partial charge in [-0.2, -0.15) is 10.7 Å². The van der Waals surface area contributed by atoms with Crippen molar-refractivity contribution in [2.45, 2.75) is 40.3 Å². The zero-order valence-electron chi connectivity index (χ0n) is 21.7. The highest BCUT2D eigenvalue weighted by Gasteiger charge is 2.19. The maximum atomic E-state index is 12.3. The second-order valence-corrected chi connectivity index (χ2v) is 9.82. The third-order valence-corrected chi connectivity index (χ3v) is 5.23. The number of nitriles is 1. The Labute approximate surface area is 220 Å². The summed E-state index contributed by atoms with van der Waals surface area (Å²) in [6.07, 6.45) is 1.96. The minimum absolute atomic E-state index is 0.0746. The maximum Gasteiger partial charge on any atom is 0.332 e. The number of nitrogens with one attached hydrogen (secondary N) is 1. The molecule has 0 fully saturated rings. The van der Waals surface area contributed by atoms with Gasteiger partial charge < -0.3 is 9.57 Å². The van der Waals surface area contributed by atoms with E-state index >= 15 is 0 Å². The van der Waals surface area contributed by atoms with Crippen LogP contribution in [0.1, 0.15) is 44.1 Å². The lowest BCUT2D eigenvalue weighted by Gasteiger charge is -2.16. The van der Waals surface area contributed by atoms with Crippen molar-refractivity contribution in [1.29, 1.82) is 5.26 Å². The van der Waals surface area contributed by atoms with E-state index in [0.717, 1.165) is 11.4 Å². The quantitative estimate of drug-likeness (QED) is 0.325. The van der Waals surface area contributed by atoms with Gasteiger partial charge in [-0.3, -0.25) is 4.98 Å². The summed E-state index contributed by atoms with van der Waals surface area (Å²) in [5.41, 5.74) is 6.61. The maximum absolute atomic E-state index is 12.3. The van der Waals surface area contributed by atoms with Crippen LogP contribution in [0.3, 0.4) is 0 Å². The van der Waals surface area contributed by atoms with Crippen LogP contribution in [0, 0.1) is 16.7 Å². The molecule has 0 aliphatic carbocycles. The molecule has 38 heavy (non-hydrogen) atoms. The molecular weight excluding hydrogens is 484 g/mol. The number of aromatic nitrogens is 6. The lowest BCUT2D eigenvalue weighted by molar-refractivity contribution is -0.142. The first kappa shape index (κ1) is 26.4. The molecular formula is C27H28N8O3. The van der Waals surface area contributed by atoms with E-state index in [1.807, 2.05) is 45.0 Å². The highest BCUT2D eigenvalue weighted by molar-refractivity contribution is 5.72. The number of hydrogen-bond donors (Lipinski definition) is 1. The van der Waals surface area contributed by atoms with Crippen molar-refractivity contribution in [3.63, 3.8) is 0 Å². The van der Waals surface area contributed by atoms with Crippen LogP contribution < -0.4 is 5.48 Å². The fraction of sp³-hybridized carbons (Fsp3) is 0.296. The SMILES string of the molecule is COCc1cccc(Cn2cc(-c3cc(-c4cccc(C#N)c4)nc(NOC(=O)CC(C)(C)C)n3)nn2)n1. The highest BCUT2D eigenvalue weighted by Crippen LogP contribution is 2.25. The number of nitrogens with zero attached hydrogens (tertiary/aromatic N) is 7. The Kier molecular flexibility index (Phi) is 8.03. The number of carbonyl (C=O) groups excluding carboxylic acids is 1. The van der Waals surface area contributed by atoms with Gasteiger partial charge in [-0.25, -0.2) is 19.4 Å². The lowest BCUT2D eigenvalue weighted by atomic mass is 9.93. The molecule has 3 heterocycles. The van der Waals surface area contributed by atoms with Crippen molar-refractivity contribution < 1.29 is 14.4 Å². The Bertz CT molecular complexity index is 1470. The lowest BCUT2D eigenvalue weighted by Crippen LogP contribution is -2.19. The van der Waals surface area contributed by atoms with Crippen LogP contribution in [0.5, 0.6) is 0 Å². The number of benzene rings is 1. The largest absolute Gasteiger partial charge is 0.378 e. The van der Waals surface area contributed by atoms with Crippen molar-refractivity contribution in [3.8, 4) is 28.7 Å². The van der Waals surface area contributed by atoms with Gasteiger partial charge in [-0.15, -0.1) is 5.10 Å². The van der Waals surface area contributed by atoms with Crippen molar-refractivity contribution in [2.75, 3.05) is 12.6 Å². The van der Waals surface area contributed by atoms with Crippen LogP contribution in [0.2, 0.25) is 0 Å². The number of rotatable bonds is 9. The molecule has 0 aliphatic heterocycles. The average Bonchev–Trinajstić information content (AvgIpc) is 3.35. The van der Waals surface area contributed by atoms with Gasteiger partial charge in [0.2, 0.25) is 0 Å². The van der Waals surface area contributed by atoms with Gasteiger partial charge in [-0.1, -0.05) is 44.2 Å². The number of carbonyl (C=O) groups is 1. The van der Waals surface area contributed by atoms with Gasteiger partial charge >= 0.3 is 5.97 Å². The summed E-state index contributed by atoms with van der Waals surface area (Å²) in [5, 5.41) is 17.8. The van der Waals surface area contributed by atoms with E-state index in [1.54, 1.807) is 42.3 Å². The fourth-order valence-corrected chi connectivity index (χ4v) is 3.60. The summed E-state index contributed by atoms with van der Waals surface area (Å²) in [6.45, 7) is 6.65. The van der Waals surface area contributed by atoms with Crippen LogP contribution in [0.4, 0.5) is 5.95 Å². The van der Waals surface area contributed by atoms with Crippen LogP contribution in [0.15, 0.2) is 54.7 Å². The number of ether oxygens (including phenoxy) is 1. The zero-order valence-corrected chi connectivity index (χ0v) is 21.7. The summed E-state index contributed by atoms with van der Waals surface area (Å²) in [6, 6.07) is 16.6. The predicted octanol–water partition coefficient (Wildman–Crippen LogP) is 4.17. The second-order valence-electron chi connectivity index (χ2n) is 9.82. The van der Waals surface area contributed by atoms with Gasteiger partial charge in [-0.05, 0) is 35.7 Å². The summed E-state index contributed by atoms with van der Waals surface area (Å²) in [4.78, 5) is 31.0. The van der Waals surface area contributed by atoms with E-state index in [2.05, 4.69) is 36.8 Å². The van der Waals surface area contributed by atoms with Crippen molar-refractivity contribution in [1.82, 2.24) is 29.9 Å². The van der Waals surface area contributed by atoms with Crippen molar-refractivity contribution >= 4 is 11.9 Å². The van der Waals surface area contributed by atoms with E-state index in [0.29, 0.717) is 41.4 Å². The number of hydrogen-bond acceptors (Lipinski definition) is 10. The zero-order chi connectivity index (χ0) is 27.1. The van der Waals surface area contributed by atoms with Crippen LogP contribution in [-0.4, -0.2) is 43.0 Å². The Morgan fingerprint density at radius 2 is 1.79 bits per heavy atom. The Morgan fingerprint density at radius 1 is 1.03 bits per heavy atom. The molecule has 3 aromatic heterocycles. The molecule has 0 unspecified atom stereocenters. The predicted molar refractivity (Wildman–Crippen MR) is 139 cm³/mol. The third-order valence-electron chi connectivity index (χ3n) is 5.23. The number of pyridine rings is 1. The van der Waals surface area contributed by atoms with Gasteiger partial charge in [0.15, 0.2) is 0 Å². The van der Waals surface area contributed by atoms with E-state index < -0.39 is 5.97 Å². The second kappa shape index (κ2) is 11.6. The minimum Gasteiger partial charge on any atom is -0.378 e. The van der Waals surface area contributed by atoms with Crippen molar-refractivity contribution in [3.05, 3.63) is 71.7 Å². The molecule has 0 amide bonds. The first-order valence-corrected chi connectivity index (χ1v) is 11.9. The van der Waals surface area contributed by atoms with E-state index in [4.69, 9.17) is 9.57 Å². The van der Waals surface area contributed by atoms with Crippen LogP contribution >= 0.6 is 0 Å². The van der Waals surface area contributed by atoms with E-state index in [9.17, 15) is 10.1 Å². The number of anilines is 1. The molecule has 0 bridgehead atoms. The van der Waals surface area contributed by atoms with Gasteiger partial charge in [0, 0.05) is 12.7 Å². The molecule has 4 rings (SSSR count). The normalized spacial score (nSPS) is 11.1. The summed E-state index contributed by atoms with van der Waals surface area (Å²) in [5.74, 6) is -0.362. The monoisotopic (exact) mass is 512 g/mol. The van der Waals surface area contributed by atoms with Crippen LogP contribution in [-0.2, 0) is 27.5 Å². The van der Waals surface area contributed by atoms with Crippen molar-refractivity contribution in [2.24, 2.45) is 5.41 Å². The molecule has 0 saturated carbocycles. The van der Waals surface area contributed by atoms with Gasteiger partial charge in [0.05, 0.1) is 60.2 Å². The molecule has 0 spiro atoms. The standard InChI is InChI=1S/C27H28N8O3/c1-27(2,3)13-25(36)38-33-26-30-22(19-8-5-7-18(11-19)14-28)12-23(31-26)24-16-35(34-32-24)15-20-9-6-10-21(29-20)17-37-4/h5-12,16H,13,15,17H2,1-4H3,(H,30,31,33). The van der Waals surface area contributed by atoms with E-state index in [1.165, 1.54) is 0 Å². The smallest absolute Gasteiger partial charge is 0.332 e. The molecule has 0 aliphatic rings. The molecule has 194 valence electrons. The molecule has 0 saturated heterocycles. The first-order chi connectivity index (χ1) is 18.2. The first-order valence-electron chi connectivity index (χ1n) is 11.9. The molecule has 1 aromatic carbocycles. The summed E-state index contributed by atoms with van der Waals surface area (Å²) < 4.78 is 6.82. The number of methoxy groups -OCH3 is 1. The Hall–Kier alpha value is -4.69. The fourth-order valence-electron chi connectivity index (χ4n) is 3.60. The Morgan fingerprint density at radius 3 is 2.55 bits per heavy atom. The molecule has 1 N–H and O–H groups in total. The van der Waals surface area contributed by atoms with E-state index in [-0.39, 0.29) is 17.8 Å². The summed E-state index contributed by atoms with van der Waals surface area (Å²) in [7, 11) is 1.62. The summed E-state index contributed by atoms with van der Waals surface area (Å²) >= 11 is 0.